The van der Waals surface area contributed by atoms with Crippen LogP contribution < -0.4 is 0 Å². The molecule has 2 N–H and O–H groups in total. The van der Waals surface area contributed by atoms with E-state index in [1.807, 2.05) is 12.1 Å². The summed E-state index contributed by atoms with van der Waals surface area (Å²) >= 11 is 0. The van der Waals surface area contributed by atoms with Crippen LogP contribution in [0.1, 0.15) is 32.3 Å². The molecule has 100 valence electrons. The highest BCUT2D eigenvalue weighted by atomic mass is 19.1. The van der Waals surface area contributed by atoms with Gasteiger partial charge in [-0.2, -0.15) is 0 Å². The van der Waals surface area contributed by atoms with Crippen LogP contribution in [-0.4, -0.2) is 16.4 Å². The zero-order valence-electron chi connectivity index (χ0n) is 10.8. The Bertz CT molecular complexity index is 388. The smallest absolute Gasteiger partial charge is 0.450 e. The maximum Gasteiger partial charge on any atom is 0.503 e. The van der Waals surface area contributed by atoms with Gasteiger partial charge in [-0.1, -0.05) is 32.9 Å². The molecule has 0 saturated heterocycles. The van der Waals surface area contributed by atoms with Gasteiger partial charge in [-0.3, -0.25) is 0 Å². The van der Waals surface area contributed by atoms with Crippen molar-refractivity contribution >= 4 is 6.16 Å². The van der Waals surface area contributed by atoms with Crippen LogP contribution in [-0.2, 0) is 0 Å². The number of carbonyl (C=O) groups is 1. The van der Waals surface area contributed by atoms with Crippen LogP contribution in [0.5, 0.6) is 0 Å². The molecule has 0 aliphatic heterocycles. The van der Waals surface area contributed by atoms with Crippen molar-refractivity contribution in [3.63, 3.8) is 0 Å². The largest absolute Gasteiger partial charge is 0.503 e. The molecule has 1 aromatic carbocycles. The van der Waals surface area contributed by atoms with Crippen LogP contribution >= 0.6 is 0 Å². The highest BCUT2D eigenvalue weighted by molar-refractivity contribution is 5.53. The molecule has 2 unspecified atom stereocenters. The van der Waals surface area contributed by atoms with E-state index in [2.05, 4.69) is 20.8 Å². The van der Waals surface area contributed by atoms with Gasteiger partial charge in [0, 0.05) is 0 Å². The van der Waals surface area contributed by atoms with Gasteiger partial charge < -0.3 is 10.2 Å². The lowest BCUT2D eigenvalue weighted by molar-refractivity contribution is 0.0756. The molecule has 18 heavy (non-hydrogen) atoms. The Labute approximate surface area is 106 Å². The number of hydrogen-bond donors (Lipinski definition) is 2. The number of halogens is 1. The van der Waals surface area contributed by atoms with E-state index in [-0.39, 0.29) is 5.82 Å². The van der Waals surface area contributed by atoms with Gasteiger partial charge in [0.15, 0.2) is 0 Å². The molecule has 0 bridgehead atoms. The molecule has 0 aromatic heterocycles. The molecule has 0 spiro atoms. The molecular formula is C14H19FO3. The van der Waals surface area contributed by atoms with Gasteiger partial charge in [-0.15, -0.1) is 0 Å². The zero-order valence-corrected chi connectivity index (χ0v) is 10.8. The molecule has 0 heterocycles. The summed E-state index contributed by atoms with van der Waals surface area (Å²) in [4.78, 5) is 8.56. The van der Waals surface area contributed by atoms with Crippen LogP contribution in [0.3, 0.4) is 0 Å². The second-order valence-corrected chi connectivity index (χ2v) is 4.94. The van der Waals surface area contributed by atoms with Gasteiger partial charge in [-0.05, 0) is 41.4 Å². The van der Waals surface area contributed by atoms with Gasteiger partial charge in [0.25, 0.3) is 0 Å². The van der Waals surface area contributed by atoms with E-state index in [9.17, 15) is 4.39 Å². The fourth-order valence-electron chi connectivity index (χ4n) is 2.76. The summed E-state index contributed by atoms with van der Waals surface area (Å²) in [5, 5.41) is 13.9. The molecule has 2 atom stereocenters. The van der Waals surface area contributed by atoms with E-state index in [1.165, 1.54) is 5.56 Å². The number of benzene rings is 1. The Balaban J connectivity index is 0.000000357. The second-order valence-electron chi connectivity index (χ2n) is 4.94. The summed E-state index contributed by atoms with van der Waals surface area (Å²) in [5.41, 5.74) is 1.30. The van der Waals surface area contributed by atoms with E-state index in [0.29, 0.717) is 5.92 Å². The third-order valence-electron chi connectivity index (χ3n) is 4.05. The van der Waals surface area contributed by atoms with Crippen molar-refractivity contribution in [2.45, 2.75) is 26.7 Å². The van der Waals surface area contributed by atoms with Crippen molar-refractivity contribution in [1.82, 2.24) is 0 Å². The Morgan fingerprint density at radius 1 is 1.00 bits per heavy atom. The summed E-state index contributed by atoms with van der Waals surface area (Å²) in [7, 11) is 0. The Morgan fingerprint density at radius 2 is 1.39 bits per heavy atom. The van der Waals surface area contributed by atoms with Crippen molar-refractivity contribution in [3.05, 3.63) is 35.6 Å². The highest BCUT2D eigenvalue weighted by Gasteiger charge is 2.42. The molecule has 0 amide bonds. The Kier molecular flexibility index (Phi) is 4.70. The maximum atomic E-state index is 12.7. The van der Waals surface area contributed by atoms with Gasteiger partial charge in [0.1, 0.15) is 5.82 Å². The number of hydrogen-bond acceptors (Lipinski definition) is 1. The highest BCUT2D eigenvalue weighted by Crippen LogP contribution is 2.51. The summed E-state index contributed by atoms with van der Waals surface area (Å²) in [6, 6.07) is 6.99. The van der Waals surface area contributed by atoms with Gasteiger partial charge in [-0.25, -0.2) is 9.18 Å². The van der Waals surface area contributed by atoms with E-state index in [0.717, 1.165) is 17.8 Å². The lowest BCUT2D eigenvalue weighted by Gasteiger charge is -2.48. The zero-order chi connectivity index (χ0) is 13.9. The summed E-state index contributed by atoms with van der Waals surface area (Å²) in [6.45, 7) is 6.88. The molecule has 1 fully saturated rings. The predicted octanol–water partition coefficient (Wildman–Crippen LogP) is 4.05. The van der Waals surface area contributed by atoms with Gasteiger partial charge >= 0.3 is 6.16 Å². The lowest BCUT2D eigenvalue weighted by atomic mass is 9.57. The van der Waals surface area contributed by atoms with Crippen LogP contribution in [0.2, 0.25) is 0 Å². The van der Waals surface area contributed by atoms with E-state index >= 15 is 0 Å². The molecule has 1 aliphatic carbocycles. The van der Waals surface area contributed by atoms with Crippen LogP contribution in [0.25, 0.3) is 0 Å². The second kappa shape index (κ2) is 5.85. The molecule has 3 nitrogen and oxygen atoms in total. The first-order chi connectivity index (χ1) is 8.34. The maximum absolute atomic E-state index is 12.7. The van der Waals surface area contributed by atoms with Crippen molar-refractivity contribution in [2.75, 3.05) is 0 Å². The first-order valence-electron chi connectivity index (χ1n) is 6.02. The van der Waals surface area contributed by atoms with Gasteiger partial charge in [0.2, 0.25) is 0 Å². The fraction of sp³-hybridized carbons (Fsp3) is 0.500. The average Bonchev–Trinajstić information content (AvgIpc) is 2.31. The van der Waals surface area contributed by atoms with Crippen LogP contribution in [0, 0.1) is 23.6 Å². The summed E-state index contributed by atoms with van der Waals surface area (Å²) < 4.78 is 12.7. The standard InChI is InChI=1S/C13H17F.CH2O3/c1-8-9(2)13(10(8)3)11-4-6-12(14)7-5-11;2-1(3)4/h4-10,13H,1-3H3;(H2,2,3,4). The molecule has 4 heteroatoms. The van der Waals surface area contributed by atoms with E-state index in [4.69, 9.17) is 15.0 Å². The monoisotopic (exact) mass is 254 g/mol. The van der Waals surface area contributed by atoms with Gasteiger partial charge in [0.05, 0.1) is 0 Å². The average molecular weight is 254 g/mol. The minimum absolute atomic E-state index is 0.138. The first-order valence-corrected chi connectivity index (χ1v) is 6.02. The van der Waals surface area contributed by atoms with Crippen molar-refractivity contribution in [2.24, 2.45) is 17.8 Å². The lowest BCUT2D eigenvalue weighted by Crippen LogP contribution is -2.39. The Morgan fingerprint density at radius 3 is 1.78 bits per heavy atom. The fourth-order valence-corrected chi connectivity index (χ4v) is 2.76. The van der Waals surface area contributed by atoms with Crippen LogP contribution in [0.4, 0.5) is 9.18 Å². The molecular weight excluding hydrogens is 235 g/mol. The molecule has 0 radical (unpaired) electrons. The summed E-state index contributed by atoms with van der Waals surface area (Å²) in [5.74, 6) is 2.75. The molecule has 1 aliphatic rings. The molecule has 1 saturated carbocycles. The summed E-state index contributed by atoms with van der Waals surface area (Å²) in [6.07, 6.45) is -1.83. The number of carboxylic acid groups (broad SMARTS) is 2. The SMILES string of the molecule is CC1C(C)C(c2ccc(F)cc2)C1C.O=C(O)O. The van der Waals surface area contributed by atoms with Crippen molar-refractivity contribution in [3.8, 4) is 0 Å². The molecule has 1 aromatic rings. The minimum Gasteiger partial charge on any atom is -0.450 e. The number of rotatable bonds is 1. The van der Waals surface area contributed by atoms with Crippen molar-refractivity contribution < 1.29 is 19.4 Å². The topological polar surface area (TPSA) is 57.5 Å². The van der Waals surface area contributed by atoms with E-state index < -0.39 is 6.16 Å². The predicted molar refractivity (Wildman–Crippen MR) is 67.3 cm³/mol. The molecule has 2 rings (SSSR count). The first kappa shape index (κ1) is 14.5. The normalized spacial score (nSPS) is 29.8. The third-order valence-corrected chi connectivity index (χ3v) is 4.05. The Hall–Kier alpha value is -1.58. The van der Waals surface area contributed by atoms with E-state index in [1.54, 1.807) is 12.1 Å². The van der Waals surface area contributed by atoms with Crippen LogP contribution in [0.15, 0.2) is 24.3 Å². The minimum atomic E-state index is -1.83. The van der Waals surface area contributed by atoms with Crippen molar-refractivity contribution in [1.29, 1.82) is 0 Å². The quantitative estimate of drug-likeness (QED) is 0.794. The third kappa shape index (κ3) is 3.22.